The lowest BCUT2D eigenvalue weighted by atomic mass is 10.2. The van der Waals surface area contributed by atoms with Gasteiger partial charge in [0.05, 0.1) is 19.4 Å². The maximum atomic E-state index is 12.0. The largest absolute Gasteiger partial charge is 0.494 e. The lowest BCUT2D eigenvalue weighted by Crippen LogP contribution is -2.34. The molecule has 6 nitrogen and oxygen atoms in total. The zero-order valence-electron chi connectivity index (χ0n) is 14.4. The Hall–Kier alpha value is -2.67. The van der Waals surface area contributed by atoms with Gasteiger partial charge in [-0.3, -0.25) is 9.59 Å². The molecule has 0 bridgehead atoms. The van der Waals surface area contributed by atoms with Crippen molar-refractivity contribution in [2.24, 2.45) is 5.10 Å². The first kappa shape index (κ1) is 19.7. The molecule has 2 aromatic rings. The average molecular weight is 418 g/mol. The Kier molecular flexibility index (Phi) is 7.82. The molecule has 0 aromatic heterocycles. The van der Waals surface area contributed by atoms with Crippen LogP contribution in [0.1, 0.15) is 29.3 Å². The highest BCUT2D eigenvalue weighted by atomic mass is 79.9. The molecule has 0 saturated heterocycles. The number of benzene rings is 2. The number of halogens is 1. The first-order valence-electron chi connectivity index (χ1n) is 8.17. The first-order chi connectivity index (χ1) is 12.6. The Bertz CT molecular complexity index is 776. The Labute approximate surface area is 160 Å². The third-order valence-corrected chi connectivity index (χ3v) is 4.02. The highest BCUT2D eigenvalue weighted by molar-refractivity contribution is 9.10. The number of carbonyl (C=O) groups is 2. The lowest BCUT2D eigenvalue weighted by molar-refractivity contribution is -0.120. The highest BCUT2D eigenvalue weighted by Crippen LogP contribution is 2.13. The van der Waals surface area contributed by atoms with Crippen molar-refractivity contribution in [1.29, 1.82) is 0 Å². The van der Waals surface area contributed by atoms with Crippen molar-refractivity contribution >= 4 is 34.0 Å². The van der Waals surface area contributed by atoms with Crippen LogP contribution in [0.2, 0.25) is 0 Å². The van der Waals surface area contributed by atoms with Gasteiger partial charge < -0.3 is 10.1 Å². The van der Waals surface area contributed by atoms with Gasteiger partial charge in [0.25, 0.3) is 11.8 Å². The molecule has 0 atom stereocenters. The smallest absolute Gasteiger partial charge is 0.259 e. The molecule has 2 amide bonds. The Morgan fingerprint density at radius 3 is 2.58 bits per heavy atom. The molecule has 0 heterocycles. The summed E-state index contributed by atoms with van der Waals surface area (Å²) in [6.07, 6.45) is 2.44. The van der Waals surface area contributed by atoms with Gasteiger partial charge in [0, 0.05) is 15.6 Å². The minimum absolute atomic E-state index is 0.166. The van der Waals surface area contributed by atoms with Crippen LogP contribution in [-0.2, 0) is 4.79 Å². The van der Waals surface area contributed by atoms with E-state index in [2.05, 4.69) is 31.8 Å². The van der Waals surface area contributed by atoms with E-state index < -0.39 is 5.91 Å². The number of hydrogen-bond acceptors (Lipinski definition) is 4. The number of hydrazone groups is 1. The summed E-state index contributed by atoms with van der Waals surface area (Å²) in [6.45, 7) is 2.49. The van der Waals surface area contributed by atoms with Crippen molar-refractivity contribution in [3.8, 4) is 5.75 Å². The maximum Gasteiger partial charge on any atom is 0.259 e. The molecule has 26 heavy (non-hydrogen) atoms. The fourth-order valence-electron chi connectivity index (χ4n) is 1.98. The number of hydrogen-bond donors (Lipinski definition) is 2. The van der Waals surface area contributed by atoms with E-state index in [1.54, 1.807) is 24.3 Å². The van der Waals surface area contributed by atoms with E-state index in [1.807, 2.05) is 31.2 Å². The monoisotopic (exact) mass is 417 g/mol. The summed E-state index contributed by atoms with van der Waals surface area (Å²) in [5.41, 5.74) is 3.66. The van der Waals surface area contributed by atoms with Crippen molar-refractivity contribution in [2.45, 2.75) is 13.3 Å². The van der Waals surface area contributed by atoms with Crippen molar-refractivity contribution in [3.05, 3.63) is 64.1 Å². The second-order valence-electron chi connectivity index (χ2n) is 5.37. The molecule has 7 heteroatoms. The van der Waals surface area contributed by atoms with Gasteiger partial charge >= 0.3 is 0 Å². The summed E-state index contributed by atoms with van der Waals surface area (Å²) in [5.74, 6) is -0.0379. The fourth-order valence-corrected chi connectivity index (χ4v) is 2.37. The molecular weight excluding hydrogens is 398 g/mol. The number of ether oxygens (including phenoxy) is 1. The van der Waals surface area contributed by atoms with E-state index in [-0.39, 0.29) is 12.5 Å². The summed E-state index contributed by atoms with van der Waals surface area (Å²) in [4.78, 5) is 23.8. The molecule has 0 saturated carbocycles. The van der Waals surface area contributed by atoms with Crippen LogP contribution in [-0.4, -0.2) is 31.2 Å². The summed E-state index contributed by atoms with van der Waals surface area (Å²) >= 11 is 3.39. The number of carbonyl (C=O) groups excluding carboxylic acids is 2. The van der Waals surface area contributed by atoms with E-state index >= 15 is 0 Å². The molecule has 0 radical (unpaired) electrons. The van der Waals surface area contributed by atoms with Gasteiger partial charge in [0.1, 0.15) is 5.75 Å². The van der Waals surface area contributed by atoms with E-state index in [0.29, 0.717) is 17.9 Å². The van der Waals surface area contributed by atoms with Crippen molar-refractivity contribution < 1.29 is 14.3 Å². The van der Waals surface area contributed by atoms with Crippen LogP contribution in [0.15, 0.2) is 58.1 Å². The molecule has 0 aliphatic heterocycles. The lowest BCUT2D eigenvalue weighted by Gasteiger charge is -2.07. The Morgan fingerprint density at radius 2 is 1.88 bits per heavy atom. The van der Waals surface area contributed by atoms with Gasteiger partial charge in [-0.25, -0.2) is 5.43 Å². The third-order valence-electron chi connectivity index (χ3n) is 3.30. The van der Waals surface area contributed by atoms with Crippen molar-refractivity contribution in [3.63, 3.8) is 0 Å². The molecule has 2 aromatic carbocycles. The minimum Gasteiger partial charge on any atom is -0.494 e. The summed E-state index contributed by atoms with van der Waals surface area (Å²) in [5, 5.41) is 6.42. The van der Waals surface area contributed by atoms with Crippen LogP contribution in [0.3, 0.4) is 0 Å². The molecular formula is C19H20BrN3O3. The van der Waals surface area contributed by atoms with Gasteiger partial charge in [-0.05, 0) is 36.8 Å². The first-order valence-corrected chi connectivity index (χ1v) is 8.97. The van der Waals surface area contributed by atoms with Gasteiger partial charge in [-0.2, -0.15) is 5.10 Å². The number of rotatable bonds is 8. The van der Waals surface area contributed by atoms with Crippen molar-refractivity contribution in [1.82, 2.24) is 10.7 Å². The zero-order valence-corrected chi connectivity index (χ0v) is 16.0. The van der Waals surface area contributed by atoms with Crippen LogP contribution in [0, 0.1) is 0 Å². The molecule has 0 fully saturated rings. The second-order valence-corrected chi connectivity index (χ2v) is 6.22. The van der Waals surface area contributed by atoms with E-state index in [0.717, 1.165) is 16.5 Å². The Morgan fingerprint density at radius 1 is 1.15 bits per heavy atom. The standard InChI is InChI=1S/C19H20BrN3O3/c1-2-11-26-16-9-7-14(8-10-16)19(25)21-13-18(24)23-22-12-15-5-3-4-6-17(15)20/h3-10,12H,2,11,13H2,1H3,(H,21,25)(H,23,24)/b22-12+. The van der Waals surface area contributed by atoms with Gasteiger partial charge in [-0.1, -0.05) is 41.1 Å². The van der Waals surface area contributed by atoms with Gasteiger partial charge in [0.15, 0.2) is 0 Å². The molecule has 2 rings (SSSR count). The minimum atomic E-state index is -0.412. The average Bonchev–Trinajstić information content (AvgIpc) is 2.66. The van der Waals surface area contributed by atoms with Crippen LogP contribution in [0.5, 0.6) is 5.75 Å². The number of amides is 2. The second kappa shape index (κ2) is 10.4. The topological polar surface area (TPSA) is 79.8 Å². The summed E-state index contributed by atoms with van der Waals surface area (Å²) < 4.78 is 6.34. The van der Waals surface area contributed by atoms with E-state index in [1.165, 1.54) is 6.21 Å². The predicted molar refractivity (Wildman–Crippen MR) is 104 cm³/mol. The zero-order chi connectivity index (χ0) is 18.8. The molecule has 136 valence electrons. The number of nitrogens with one attached hydrogen (secondary N) is 2. The van der Waals surface area contributed by atoms with Gasteiger partial charge in [0.2, 0.25) is 0 Å². The normalized spacial score (nSPS) is 10.5. The highest BCUT2D eigenvalue weighted by Gasteiger charge is 2.08. The molecule has 0 aliphatic rings. The molecule has 0 unspecified atom stereocenters. The predicted octanol–water partition coefficient (Wildman–Crippen LogP) is 3.12. The van der Waals surface area contributed by atoms with Crippen molar-refractivity contribution in [2.75, 3.05) is 13.2 Å². The van der Waals surface area contributed by atoms with Crippen LogP contribution in [0.25, 0.3) is 0 Å². The third kappa shape index (κ3) is 6.33. The summed E-state index contributed by atoms with van der Waals surface area (Å²) in [6, 6.07) is 14.3. The number of nitrogens with zero attached hydrogens (tertiary/aromatic N) is 1. The SMILES string of the molecule is CCCOc1ccc(C(=O)NCC(=O)N/N=C/c2ccccc2Br)cc1. The van der Waals surface area contributed by atoms with Crippen LogP contribution in [0.4, 0.5) is 0 Å². The molecule has 0 aliphatic carbocycles. The fraction of sp³-hybridized carbons (Fsp3) is 0.211. The van der Waals surface area contributed by atoms with Crippen LogP contribution >= 0.6 is 15.9 Å². The quantitative estimate of drug-likeness (QED) is 0.511. The summed E-state index contributed by atoms with van der Waals surface area (Å²) in [7, 11) is 0. The molecule has 2 N–H and O–H groups in total. The van der Waals surface area contributed by atoms with E-state index in [4.69, 9.17) is 4.74 Å². The maximum absolute atomic E-state index is 12.0. The molecule has 0 spiro atoms. The van der Waals surface area contributed by atoms with Crippen LogP contribution < -0.4 is 15.5 Å². The van der Waals surface area contributed by atoms with Gasteiger partial charge in [-0.15, -0.1) is 0 Å². The van der Waals surface area contributed by atoms with E-state index in [9.17, 15) is 9.59 Å². The Balaban J connectivity index is 1.77.